The zero-order valence-electron chi connectivity index (χ0n) is 12.8. The molecule has 122 valence electrons. The molecule has 0 unspecified atom stereocenters. The smallest absolute Gasteiger partial charge is 0.225 e. The molecule has 6 heteroatoms. The van der Waals surface area contributed by atoms with Crippen LogP contribution in [0.25, 0.3) is 0 Å². The molecule has 0 aliphatic rings. The highest BCUT2D eigenvalue weighted by molar-refractivity contribution is 7.90. The van der Waals surface area contributed by atoms with Gasteiger partial charge in [0.05, 0.1) is 11.5 Å². The van der Waals surface area contributed by atoms with Crippen LogP contribution in [0.2, 0.25) is 0 Å². The fourth-order valence-electron chi connectivity index (χ4n) is 2.13. The number of benzene rings is 2. The quantitative estimate of drug-likeness (QED) is 0.882. The molecule has 2 aromatic carbocycles. The second kappa shape index (κ2) is 7.37. The lowest BCUT2D eigenvalue weighted by molar-refractivity contribution is -0.115. The van der Waals surface area contributed by atoms with Crippen LogP contribution in [0.4, 0.5) is 10.1 Å². The number of nitrogens with one attached hydrogen (secondary N) is 1. The van der Waals surface area contributed by atoms with Crippen molar-refractivity contribution in [3.05, 3.63) is 65.5 Å². The molecule has 0 spiro atoms. The van der Waals surface area contributed by atoms with Gasteiger partial charge in [0.15, 0.2) is 9.84 Å². The third-order valence-corrected chi connectivity index (χ3v) is 4.84. The molecule has 0 saturated carbocycles. The molecule has 0 aliphatic heterocycles. The average Bonchev–Trinajstić information content (AvgIpc) is 2.47. The molecule has 4 nitrogen and oxygen atoms in total. The Morgan fingerprint density at radius 2 is 1.83 bits per heavy atom. The molecular formula is C17H18FNO3S. The van der Waals surface area contributed by atoms with E-state index in [4.69, 9.17) is 0 Å². The van der Waals surface area contributed by atoms with Crippen LogP contribution in [-0.2, 0) is 20.4 Å². The van der Waals surface area contributed by atoms with Crippen LogP contribution < -0.4 is 5.32 Å². The van der Waals surface area contributed by atoms with Crippen molar-refractivity contribution in [1.29, 1.82) is 0 Å². The van der Waals surface area contributed by atoms with Crippen LogP contribution in [0.5, 0.6) is 0 Å². The Kier molecular flexibility index (Phi) is 5.50. The molecule has 23 heavy (non-hydrogen) atoms. The van der Waals surface area contributed by atoms with Gasteiger partial charge in [-0.05, 0) is 36.8 Å². The maximum atomic E-state index is 12.8. The number of carbonyl (C=O) groups excluding carboxylic acids is 1. The monoisotopic (exact) mass is 335 g/mol. The number of sulfone groups is 1. The van der Waals surface area contributed by atoms with E-state index in [1.807, 2.05) is 19.1 Å². The summed E-state index contributed by atoms with van der Waals surface area (Å²) in [5.41, 5.74) is 2.14. The van der Waals surface area contributed by atoms with E-state index in [9.17, 15) is 17.6 Å². The Morgan fingerprint density at radius 3 is 2.48 bits per heavy atom. The maximum absolute atomic E-state index is 12.8. The van der Waals surface area contributed by atoms with E-state index in [1.165, 1.54) is 24.3 Å². The summed E-state index contributed by atoms with van der Waals surface area (Å²) in [6.07, 6.45) is -0.133. The van der Waals surface area contributed by atoms with Crippen LogP contribution in [0.15, 0.2) is 48.5 Å². The van der Waals surface area contributed by atoms with E-state index in [2.05, 4.69) is 5.32 Å². The van der Waals surface area contributed by atoms with Gasteiger partial charge < -0.3 is 5.32 Å². The van der Waals surface area contributed by atoms with Crippen molar-refractivity contribution in [1.82, 2.24) is 0 Å². The predicted octanol–water partition coefficient (Wildman–Crippen LogP) is 3.08. The molecule has 0 aliphatic carbocycles. The van der Waals surface area contributed by atoms with Gasteiger partial charge in [-0.1, -0.05) is 29.8 Å². The third kappa shape index (κ3) is 5.83. The molecule has 0 saturated heterocycles. The largest absolute Gasteiger partial charge is 0.326 e. The Bertz CT molecular complexity index is 786. The molecule has 2 rings (SSSR count). The molecule has 0 radical (unpaired) electrons. The zero-order chi connectivity index (χ0) is 16.9. The zero-order valence-corrected chi connectivity index (χ0v) is 13.6. The molecule has 1 N–H and O–H groups in total. The molecular weight excluding hydrogens is 317 g/mol. The first-order chi connectivity index (χ1) is 10.8. The van der Waals surface area contributed by atoms with E-state index < -0.39 is 21.6 Å². The number of rotatable bonds is 6. The van der Waals surface area contributed by atoms with Crippen LogP contribution in [0.3, 0.4) is 0 Å². The Morgan fingerprint density at radius 1 is 1.13 bits per heavy atom. The molecule has 0 atom stereocenters. The van der Waals surface area contributed by atoms with E-state index >= 15 is 0 Å². The normalized spacial score (nSPS) is 11.2. The first-order valence-corrected chi connectivity index (χ1v) is 8.97. The number of hydrogen-bond donors (Lipinski definition) is 1. The van der Waals surface area contributed by atoms with Gasteiger partial charge >= 0.3 is 0 Å². The molecule has 2 aromatic rings. The summed E-state index contributed by atoms with van der Waals surface area (Å²) >= 11 is 0. The van der Waals surface area contributed by atoms with Crippen molar-refractivity contribution in [2.75, 3.05) is 11.1 Å². The second-order valence-corrected chi connectivity index (χ2v) is 7.57. The van der Waals surface area contributed by atoms with Gasteiger partial charge in [0, 0.05) is 12.1 Å². The standard InChI is InChI=1S/C17H18FNO3S/c1-13-3-2-4-14(11-13)12-23(21,22)10-9-17(20)19-16-7-5-15(18)6-8-16/h2-8,11H,9-10,12H2,1H3,(H,19,20). The number of hydrogen-bond acceptors (Lipinski definition) is 3. The summed E-state index contributed by atoms with van der Waals surface area (Å²) < 4.78 is 36.9. The summed E-state index contributed by atoms with van der Waals surface area (Å²) in [4.78, 5) is 11.8. The lowest BCUT2D eigenvalue weighted by Crippen LogP contribution is -2.18. The Hall–Kier alpha value is -2.21. The highest BCUT2D eigenvalue weighted by atomic mass is 32.2. The number of halogens is 1. The molecule has 0 fully saturated rings. The Labute approximate surface area is 135 Å². The van der Waals surface area contributed by atoms with Crippen molar-refractivity contribution in [2.45, 2.75) is 19.1 Å². The number of amides is 1. The lowest BCUT2D eigenvalue weighted by Gasteiger charge is -2.07. The van der Waals surface area contributed by atoms with E-state index in [-0.39, 0.29) is 17.9 Å². The predicted molar refractivity (Wildman–Crippen MR) is 88.3 cm³/mol. The summed E-state index contributed by atoms with van der Waals surface area (Å²) in [6, 6.07) is 12.6. The fraction of sp³-hybridized carbons (Fsp3) is 0.235. The highest BCUT2D eigenvalue weighted by Crippen LogP contribution is 2.11. The minimum absolute atomic E-state index is 0.0848. The van der Waals surface area contributed by atoms with E-state index in [0.29, 0.717) is 11.3 Å². The van der Waals surface area contributed by atoms with Gasteiger partial charge in [-0.25, -0.2) is 12.8 Å². The van der Waals surface area contributed by atoms with Gasteiger partial charge in [0.2, 0.25) is 5.91 Å². The summed E-state index contributed by atoms with van der Waals surface area (Å²) in [5, 5.41) is 2.54. The molecule has 0 aromatic heterocycles. The number of aryl methyl sites for hydroxylation is 1. The fourth-order valence-corrected chi connectivity index (χ4v) is 3.46. The van der Waals surface area contributed by atoms with Crippen molar-refractivity contribution >= 4 is 21.4 Å². The summed E-state index contributed by atoms with van der Waals surface area (Å²) in [5.74, 6) is -1.12. The van der Waals surface area contributed by atoms with Crippen molar-refractivity contribution < 1.29 is 17.6 Å². The first-order valence-electron chi connectivity index (χ1n) is 7.15. The third-order valence-electron chi connectivity index (χ3n) is 3.24. The molecule has 0 bridgehead atoms. The highest BCUT2D eigenvalue weighted by Gasteiger charge is 2.15. The van der Waals surface area contributed by atoms with Gasteiger partial charge in [0.25, 0.3) is 0 Å². The lowest BCUT2D eigenvalue weighted by atomic mass is 10.2. The Balaban J connectivity index is 1.88. The molecule has 1 amide bonds. The number of anilines is 1. The molecule has 0 heterocycles. The van der Waals surface area contributed by atoms with E-state index in [0.717, 1.165) is 5.56 Å². The SMILES string of the molecule is Cc1cccc(CS(=O)(=O)CCC(=O)Nc2ccc(F)cc2)c1. The van der Waals surface area contributed by atoms with Crippen LogP contribution in [0, 0.1) is 12.7 Å². The average molecular weight is 335 g/mol. The van der Waals surface area contributed by atoms with Gasteiger partial charge in [-0.15, -0.1) is 0 Å². The van der Waals surface area contributed by atoms with Crippen LogP contribution in [0.1, 0.15) is 17.5 Å². The van der Waals surface area contributed by atoms with Gasteiger partial charge in [-0.3, -0.25) is 4.79 Å². The van der Waals surface area contributed by atoms with Gasteiger partial charge in [-0.2, -0.15) is 0 Å². The van der Waals surface area contributed by atoms with Crippen molar-refractivity contribution in [3.63, 3.8) is 0 Å². The maximum Gasteiger partial charge on any atom is 0.225 e. The van der Waals surface area contributed by atoms with Crippen molar-refractivity contribution in [2.24, 2.45) is 0 Å². The van der Waals surface area contributed by atoms with Gasteiger partial charge in [0.1, 0.15) is 5.82 Å². The van der Waals surface area contributed by atoms with E-state index in [1.54, 1.807) is 12.1 Å². The topological polar surface area (TPSA) is 63.2 Å². The minimum Gasteiger partial charge on any atom is -0.326 e. The van der Waals surface area contributed by atoms with Crippen molar-refractivity contribution in [3.8, 4) is 0 Å². The van der Waals surface area contributed by atoms with Crippen LogP contribution >= 0.6 is 0 Å². The second-order valence-electron chi connectivity index (χ2n) is 5.39. The minimum atomic E-state index is -3.37. The van der Waals surface area contributed by atoms with Crippen LogP contribution in [-0.4, -0.2) is 20.1 Å². The summed E-state index contributed by atoms with van der Waals surface area (Å²) in [7, 11) is -3.37. The summed E-state index contributed by atoms with van der Waals surface area (Å²) in [6.45, 7) is 1.90. The first kappa shape index (κ1) is 17.1. The number of carbonyl (C=O) groups is 1.